The first kappa shape index (κ1) is 21.6. The van der Waals surface area contributed by atoms with E-state index in [1.54, 1.807) is 0 Å². The minimum absolute atomic E-state index is 0.382. The molecule has 0 aliphatic heterocycles. The molecule has 0 nitrogen and oxygen atoms in total. The van der Waals surface area contributed by atoms with E-state index in [-0.39, 0.29) is 0 Å². The van der Waals surface area contributed by atoms with Crippen LogP contribution in [0.4, 0.5) is 0 Å². The van der Waals surface area contributed by atoms with Crippen molar-refractivity contribution >= 4 is 29.2 Å². The molecule has 4 rings (SSSR count). The van der Waals surface area contributed by atoms with Gasteiger partial charge in [-0.15, -0.1) is 0 Å². The second-order valence-electron chi connectivity index (χ2n) is 8.91. The Kier molecular flexibility index (Phi) is 6.33. The number of hydrogen-bond donors (Lipinski definition) is 0. The summed E-state index contributed by atoms with van der Waals surface area (Å²) in [4.78, 5) is 0. The zero-order chi connectivity index (χ0) is 20.5. The summed E-state index contributed by atoms with van der Waals surface area (Å²) < 4.78 is 2.41. The average Bonchev–Trinajstić information content (AvgIpc) is 3.33. The third-order valence-electron chi connectivity index (χ3n) is 7.37. The molecule has 0 heterocycles. The van der Waals surface area contributed by atoms with Gasteiger partial charge in [-0.3, -0.25) is 0 Å². The molecule has 2 aromatic carbocycles. The Hall–Kier alpha value is -0.617. The van der Waals surface area contributed by atoms with Gasteiger partial charge in [0.1, 0.15) is 0 Å². The maximum absolute atomic E-state index is 7.60. The summed E-state index contributed by atoms with van der Waals surface area (Å²) in [7, 11) is 15.2. The average molecular weight is 506 g/mol. The van der Waals surface area contributed by atoms with Gasteiger partial charge >= 0.3 is 185 Å². The van der Waals surface area contributed by atoms with Crippen LogP contribution in [-0.4, -0.2) is 0 Å². The predicted octanol–water partition coefficient (Wildman–Crippen LogP) is 9.44. The van der Waals surface area contributed by atoms with Crippen LogP contribution in [0, 0.1) is 0 Å². The summed E-state index contributed by atoms with van der Waals surface area (Å²) in [5, 5.41) is 0. The molecule has 0 bridgehead atoms. The van der Waals surface area contributed by atoms with Crippen molar-refractivity contribution in [3.8, 4) is 0 Å². The van der Waals surface area contributed by atoms with E-state index in [1.165, 1.54) is 22.3 Å². The van der Waals surface area contributed by atoms with E-state index < -0.39 is 16.4 Å². The molecule has 2 aliphatic rings. The molecule has 2 aromatic rings. The number of hydrogen-bond acceptors (Lipinski definition) is 0. The van der Waals surface area contributed by atoms with Gasteiger partial charge in [0.25, 0.3) is 0 Å². The zero-order valence-corrected chi connectivity index (χ0v) is 21.4. The van der Waals surface area contributed by atoms with Crippen molar-refractivity contribution in [2.75, 3.05) is 0 Å². The van der Waals surface area contributed by atoms with Crippen molar-refractivity contribution in [2.24, 2.45) is 0 Å². The molecule has 0 radical (unpaired) electrons. The number of rotatable bonds is 8. The summed E-state index contributed by atoms with van der Waals surface area (Å²) in [5.41, 5.74) is 5.57. The number of halogens is 2. The summed E-state index contributed by atoms with van der Waals surface area (Å²) in [6.45, 7) is 4.53. The fourth-order valence-corrected chi connectivity index (χ4v) is 20.7. The van der Waals surface area contributed by atoms with E-state index in [1.807, 2.05) is 0 Å². The van der Waals surface area contributed by atoms with Crippen LogP contribution >= 0.6 is 17.0 Å². The summed E-state index contributed by atoms with van der Waals surface area (Å²) in [6.07, 6.45) is 12.6. The normalized spacial score (nSPS) is 22.1. The van der Waals surface area contributed by atoms with Crippen LogP contribution < -0.4 is 0 Å². The summed E-state index contributed by atoms with van der Waals surface area (Å²) in [5.74, 6) is 0.893. The van der Waals surface area contributed by atoms with Crippen LogP contribution in [0.25, 0.3) is 12.2 Å². The van der Waals surface area contributed by atoms with Gasteiger partial charge in [0.05, 0.1) is 0 Å². The molecule has 153 valence electrons. The van der Waals surface area contributed by atoms with E-state index >= 15 is 0 Å². The fraction of sp³-hybridized carbons (Fsp3) is 0.385. The van der Waals surface area contributed by atoms with Crippen molar-refractivity contribution in [3.05, 3.63) is 82.9 Å². The predicted molar refractivity (Wildman–Crippen MR) is 127 cm³/mol. The van der Waals surface area contributed by atoms with Crippen LogP contribution in [-0.2, 0) is 16.4 Å². The van der Waals surface area contributed by atoms with Crippen LogP contribution in [0.1, 0.15) is 67.2 Å². The third kappa shape index (κ3) is 4.26. The van der Waals surface area contributed by atoms with Gasteiger partial charge in [-0.1, -0.05) is 0 Å². The summed E-state index contributed by atoms with van der Waals surface area (Å²) in [6, 6.07) is 17.5. The Morgan fingerprint density at radius 2 is 1.38 bits per heavy atom. The fourth-order valence-electron chi connectivity index (χ4n) is 5.47. The van der Waals surface area contributed by atoms with Gasteiger partial charge < -0.3 is 0 Å². The molecular formula is C26H31Cl2Zr. The molecular weight excluding hydrogens is 474 g/mol. The van der Waals surface area contributed by atoms with Crippen LogP contribution in [0.2, 0.25) is 11.9 Å². The van der Waals surface area contributed by atoms with Gasteiger partial charge in [-0.05, 0) is 0 Å². The summed E-state index contributed by atoms with van der Waals surface area (Å²) >= 11 is -3.93. The van der Waals surface area contributed by atoms with Crippen LogP contribution in [0.5, 0.6) is 0 Å². The molecule has 3 heteroatoms. The molecule has 29 heavy (non-hydrogen) atoms. The first-order chi connectivity index (χ1) is 13.9. The number of fused-ring (bicyclic) bond motifs is 2. The van der Waals surface area contributed by atoms with E-state index in [4.69, 9.17) is 17.0 Å². The number of benzene rings is 2. The Morgan fingerprint density at radius 1 is 0.828 bits per heavy atom. The van der Waals surface area contributed by atoms with Crippen molar-refractivity contribution < 1.29 is 16.4 Å². The molecule has 0 fully saturated rings. The Bertz CT molecular complexity index is 943. The standard InChI is InChI=1S/C14H17.C10H9.C2H5.2ClH.Zr/c1-2-3-4-7-12-10-11-13-8-5-6-9-14(12)13;1-8-6-7-9-4-2-3-5-10(8)9;1-2;;;/h3,5-6,8-12H,2,4,7H2,1H3;2-8H,1H2;1H2,2H3;2*1H;/q;;;;;+2/p-2. The minimum atomic E-state index is -3.93. The van der Waals surface area contributed by atoms with Crippen LogP contribution in [0.3, 0.4) is 0 Å². The zero-order valence-electron chi connectivity index (χ0n) is 17.5. The van der Waals surface area contributed by atoms with Crippen molar-refractivity contribution in [1.29, 1.82) is 0 Å². The van der Waals surface area contributed by atoms with E-state index in [2.05, 4.69) is 86.7 Å². The molecule has 2 aliphatic carbocycles. The van der Waals surface area contributed by atoms with Gasteiger partial charge in [0.15, 0.2) is 0 Å². The maximum atomic E-state index is 7.60. The van der Waals surface area contributed by atoms with E-state index in [0.29, 0.717) is 15.5 Å². The Balaban J connectivity index is 1.51. The van der Waals surface area contributed by atoms with Gasteiger partial charge in [0, 0.05) is 0 Å². The van der Waals surface area contributed by atoms with Gasteiger partial charge in [-0.25, -0.2) is 0 Å². The van der Waals surface area contributed by atoms with Crippen molar-refractivity contribution in [3.63, 3.8) is 0 Å². The van der Waals surface area contributed by atoms with Crippen molar-refractivity contribution in [2.45, 2.75) is 56.8 Å². The Morgan fingerprint density at radius 3 is 1.97 bits per heavy atom. The third-order valence-corrected chi connectivity index (χ3v) is 28.8. The molecule has 3 atom stereocenters. The SMILES string of the molecule is CC[CH](CCC1C=Cc2ccccc21)[Zr]([Cl])([Cl])([CH2]C)[CH2]C1C=Cc2ccccc21. The van der Waals surface area contributed by atoms with Crippen molar-refractivity contribution in [1.82, 2.24) is 0 Å². The van der Waals surface area contributed by atoms with E-state index in [0.717, 1.165) is 27.5 Å². The van der Waals surface area contributed by atoms with E-state index in [9.17, 15) is 0 Å². The molecule has 0 spiro atoms. The topological polar surface area (TPSA) is 0 Å². The number of allylic oxidation sites excluding steroid dienone is 2. The first-order valence-corrected chi connectivity index (χ1v) is 22.3. The molecule has 0 aromatic heterocycles. The molecule has 3 unspecified atom stereocenters. The Labute approximate surface area is 184 Å². The molecule has 0 N–H and O–H groups in total. The quantitative estimate of drug-likeness (QED) is 0.335. The first-order valence-electron chi connectivity index (χ1n) is 11.1. The van der Waals surface area contributed by atoms with Gasteiger partial charge in [0.2, 0.25) is 0 Å². The second kappa shape index (κ2) is 8.49. The molecule has 0 saturated heterocycles. The van der Waals surface area contributed by atoms with Gasteiger partial charge in [-0.2, -0.15) is 0 Å². The second-order valence-corrected chi connectivity index (χ2v) is 33.2. The monoisotopic (exact) mass is 503 g/mol. The molecule has 0 saturated carbocycles. The molecule has 0 amide bonds. The van der Waals surface area contributed by atoms with Crippen LogP contribution in [0.15, 0.2) is 60.7 Å².